The van der Waals surface area contributed by atoms with Crippen molar-refractivity contribution in [3.63, 3.8) is 0 Å². The lowest BCUT2D eigenvalue weighted by Crippen LogP contribution is -2.07. The van der Waals surface area contributed by atoms with Crippen LogP contribution in [-0.2, 0) is 4.74 Å². The Hall–Kier alpha value is -1.94. The number of benzene rings is 1. The predicted molar refractivity (Wildman–Crippen MR) is 71.6 cm³/mol. The molecule has 0 aliphatic carbocycles. The third-order valence-electron chi connectivity index (χ3n) is 2.55. The Kier molecular flexibility index (Phi) is 3.58. The van der Waals surface area contributed by atoms with Crippen molar-refractivity contribution < 1.29 is 9.53 Å². The summed E-state index contributed by atoms with van der Waals surface area (Å²) in [6.07, 6.45) is 1.69. The molecule has 0 saturated heterocycles. The largest absolute Gasteiger partial charge is 0.462 e. The lowest BCUT2D eigenvalue weighted by Gasteiger charge is -2.05. The molecule has 4 nitrogen and oxygen atoms in total. The van der Waals surface area contributed by atoms with E-state index in [9.17, 15) is 4.79 Å². The van der Waals surface area contributed by atoms with Crippen LogP contribution in [-0.4, -0.2) is 17.6 Å². The Morgan fingerprint density at radius 1 is 1.39 bits per heavy atom. The van der Waals surface area contributed by atoms with E-state index in [1.165, 1.54) is 0 Å². The number of esters is 1. The summed E-state index contributed by atoms with van der Waals surface area (Å²) in [6, 6.07) is 7.17. The van der Waals surface area contributed by atoms with Crippen molar-refractivity contribution in [2.45, 2.75) is 6.92 Å². The monoisotopic (exact) mass is 264 g/mol. The predicted octanol–water partition coefficient (Wildman–Crippen LogP) is 3.09. The van der Waals surface area contributed by atoms with Crippen LogP contribution in [0.15, 0.2) is 30.5 Å². The molecule has 1 aromatic heterocycles. The standard InChI is InChI=1S/C13H13ClN2O2/c1-2-18-13(17)11-10(7-16-12(11)15)8-3-5-9(14)6-4-8/h3-7,16H,2,15H2,1H3. The molecular weight excluding hydrogens is 252 g/mol. The molecule has 2 rings (SSSR count). The highest BCUT2D eigenvalue weighted by Crippen LogP contribution is 2.29. The van der Waals surface area contributed by atoms with Crippen LogP contribution in [0.2, 0.25) is 5.02 Å². The second-order valence-electron chi connectivity index (χ2n) is 3.72. The van der Waals surface area contributed by atoms with Crippen LogP contribution in [0.4, 0.5) is 5.82 Å². The summed E-state index contributed by atoms with van der Waals surface area (Å²) in [4.78, 5) is 14.7. The van der Waals surface area contributed by atoms with Gasteiger partial charge in [-0.1, -0.05) is 23.7 Å². The highest BCUT2D eigenvalue weighted by Gasteiger charge is 2.19. The highest BCUT2D eigenvalue weighted by molar-refractivity contribution is 6.30. The zero-order chi connectivity index (χ0) is 13.1. The number of H-pyrrole nitrogens is 1. The minimum Gasteiger partial charge on any atom is -0.462 e. The fourth-order valence-corrected chi connectivity index (χ4v) is 1.85. The summed E-state index contributed by atoms with van der Waals surface area (Å²) in [5, 5.41) is 0.639. The van der Waals surface area contributed by atoms with Crippen LogP contribution in [0.5, 0.6) is 0 Å². The van der Waals surface area contributed by atoms with Gasteiger partial charge in [0, 0.05) is 16.8 Å². The van der Waals surface area contributed by atoms with Gasteiger partial charge in [0.2, 0.25) is 0 Å². The molecule has 0 fully saturated rings. The van der Waals surface area contributed by atoms with Crippen molar-refractivity contribution in [1.29, 1.82) is 0 Å². The third-order valence-corrected chi connectivity index (χ3v) is 2.80. The van der Waals surface area contributed by atoms with E-state index in [0.29, 0.717) is 28.6 Å². The van der Waals surface area contributed by atoms with Crippen LogP contribution in [0, 0.1) is 0 Å². The van der Waals surface area contributed by atoms with Crippen molar-refractivity contribution in [2.75, 3.05) is 12.3 Å². The van der Waals surface area contributed by atoms with Crippen LogP contribution < -0.4 is 5.73 Å². The molecule has 0 amide bonds. The average Bonchev–Trinajstić information content (AvgIpc) is 2.72. The van der Waals surface area contributed by atoms with Gasteiger partial charge in [-0.15, -0.1) is 0 Å². The Morgan fingerprint density at radius 3 is 2.67 bits per heavy atom. The van der Waals surface area contributed by atoms with E-state index in [4.69, 9.17) is 22.1 Å². The van der Waals surface area contributed by atoms with E-state index in [1.54, 1.807) is 25.3 Å². The summed E-state index contributed by atoms with van der Waals surface area (Å²) >= 11 is 5.83. The topological polar surface area (TPSA) is 68.1 Å². The van der Waals surface area contributed by atoms with Crippen molar-refractivity contribution in [3.05, 3.63) is 41.0 Å². The maximum atomic E-state index is 11.8. The van der Waals surface area contributed by atoms with E-state index in [-0.39, 0.29) is 0 Å². The molecule has 3 N–H and O–H groups in total. The van der Waals surface area contributed by atoms with Gasteiger partial charge in [0.1, 0.15) is 11.4 Å². The fourth-order valence-electron chi connectivity index (χ4n) is 1.72. The van der Waals surface area contributed by atoms with Gasteiger partial charge in [0.05, 0.1) is 6.61 Å². The number of aromatic amines is 1. The number of hydrogen-bond donors (Lipinski definition) is 2. The zero-order valence-corrected chi connectivity index (χ0v) is 10.6. The van der Waals surface area contributed by atoms with Gasteiger partial charge in [0.15, 0.2) is 0 Å². The van der Waals surface area contributed by atoms with Gasteiger partial charge in [-0.2, -0.15) is 0 Å². The van der Waals surface area contributed by atoms with E-state index in [0.717, 1.165) is 5.56 Å². The summed E-state index contributed by atoms with van der Waals surface area (Å²) in [5.41, 5.74) is 7.69. The van der Waals surface area contributed by atoms with E-state index in [2.05, 4.69) is 4.98 Å². The summed E-state index contributed by atoms with van der Waals surface area (Å²) in [6.45, 7) is 2.06. The molecule has 1 aromatic carbocycles. The van der Waals surface area contributed by atoms with Gasteiger partial charge < -0.3 is 15.5 Å². The van der Waals surface area contributed by atoms with Gasteiger partial charge in [0.25, 0.3) is 0 Å². The Balaban J connectivity index is 2.45. The first kappa shape index (κ1) is 12.5. The molecule has 0 bridgehead atoms. The normalized spacial score (nSPS) is 10.3. The van der Waals surface area contributed by atoms with Crippen molar-refractivity contribution in [1.82, 2.24) is 4.98 Å². The molecule has 0 unspecified atom stereocenters. The maximum Gasteiger partial charge on any atom is 0.342 e. The van der Waals surface area contributed by atoms with Gasteiger partial charge in [-0.3, -0.25) is 0 Å². The van der Waals surface area contributed by atoms with Crippen molar-refractivity contribution in [2.24, 2.45) is 0 Å². The second kappa shape index (κ2) is 5.14. The zero-order valence-electron chi connectivity index (χ0n) is 9.87. The fraction of sp³-hybridized carbons (Fsp3) is 0.154. The van der Waals surface area contributed by atoms with Crippen LogP contribution in [0.1, 0.15) is 17.3 Å². The summed E-state index contributed by atoms with van der Waals surface area (Å²) < 4.78 is 4.99. The molecular formula is C13H13ClN2O2. The average molecular weight is 265 g/mol. The third kappa shape index (κ3) is 2.33. The Labute approximate surface area is 110 Å². The molecule has 94 valence electrons. The number of halogens is 1. The number of carbonyl (C=O) groups is 1. The molecule has 0 aliphatic heterocycles. The summed E-state index contributed by atoms with van der Waals surface area (Å²) in [5.74, 6) is -0.125. The minimum absolute atomic E-state index is 0.304. The highest BCUT2D eigenvalue weighted by atomic mass is 35.5. The number of ether oxygens (including phenoxy) is 1. The summed E-state index contributed by atoms with van der Waals surface area (Å²) in [7, 11) is 0. The molecule has 18 heavy (non-hydrogen) atoms. The number of nitrogens with two attached hydrogens (primary N) is 1. The Bertz CT molecular complexity index is 561. The molecule has 0 aliphatic rings. The van der Waals surface area contributed by atoms with E-state index < -0.39 is 5.97 Å². The molecule has 2 aromatic rings. The lowest BCUT2D eigenvalue weighted by atomic mass is 10.0. The van der Waals surface area contributed by atoms with Crippen LogP contribution in [0.3, 0.4) is 0 Å². The first-order valence-corrected chi connectivity index (χ1v) is 5.91. The first-order chi connectivity index (χ1) is 8.63. The molecule has 0 radical (unpaired) electrons. The number of anilines is 1. The molecule has 0 atom stereocenters. The number of rotatable bonds is 3. The SMILES string of the molecule is CCOC(=O)c1c(-c2ccc(Cl)cc2)c[nH]c1N. The number of nitrogens with one attached hydrogen (secondary N) is 1. The quantitative estimate of drug-likeness (QED) is 0.837. The number of hydrogen-bond acceptors (Lipinski definition) is 3. The Morgan fingerprint density at radius 2 is 2.06 bits per heavy atom. The number of carbonyl (C=O) groups excluding carboxylic acids is 1. The first-order valence-electron chi connectivity index (χ1n) is 5.53. The second-order valence-corrected chi connectivity index (χ2v) is 4.15. The van der Waals surface area contributed by atoms with E-state index in [1.807, 2.05) is 12.1 Å². The molecule has 1 heterocycles. The minimum atomic E-state index is -0.429. The number of aromatic nitrogens is 1. The van der Waals surface area contributed by atoms with Gasteiger partial charge in [-0.25, -0.2) is 4.79 Å². The molecule has 5 heteroatoms. The molecule has 0 spiro atoms. The van der Waals surface area contributed by atoms with Crippen LogP contribution >= 0.6 is 11.6 Å². The smallest absolute Gasteiger partial charge is 0.342 e. The van der Waals surface area contributed by atoms with E-state index >= 15 is 0 Å². The maximum absolute atomic E-state index is 11.8. The number of nitrogen functional groups attached to an aromatic ring is 1. The van der Waals surface area contributed by atoms with Gasteiger partial charge >= 0.3 is 5.97 Å². The van der Waals surface area contributed by atoms with Crippen molar-refractivity contribution in [3.8, 4) is 11.1 Å². The van der Waals surface area contributed by atoms with Gasteiger partial charge in [-0.05, 0) is 24.6 Å². The van der Waals surface area contributed by atoms with Crippen molar-refractivity contribution >= 4 is 23.4 Å². The molecule has 0 saturated carbocycles. The lowest BCUT2D eigenvalue weighted by molar-refractivity contribution is 0.0529. The van der Waals surface area contributed by atoms with Crippen LogP contribution in [0.25, 0.3) is 11.1 Å².